The Morgan fingerprint density at radius 3 is 2.61 bits per heavy atom. The number of amidine groups is 2. The van der Waals surface area contributed by atoms with E-state index in [9.17, 15) is 18.0 Å². The first-order valence-electron chi connectivity index (χ1n) is 10.4. The van der Waals surface area contributed by atoms with Crippen LogP contribution in [-0.2, 0) is 14.6 Å². The zero-order valence-corrected chi connectivity index (χ0v) is 21.0. The Morgan fingerprint density at radius 1 is 1.14 bits per heavy atom. The molecule has 2 aromatic carbocycles. The molecule has 2 heterocycles. The van der Waals surface area contributed by atoms with Crippen molar-refractivity contribution < 1.29 is 32.2 Å². The molecule has 0 unspecified atom stereocenters. The fraction of sp³-hybridized carbons (Fsp3) is 0.174. The molecule has 186 valence electrons. The number of rotatable bonds is 6. The van der Waals surface area contributed by atoms with Gasteiger partial charge in [0.05, 0.1) is 31.1 Å². The van der Waals surface area contributed by atoms with Crippen LogP contribution in [0.2, 0.25) is 0 Å². The van der Waals surface area contributed by atoms with Crippen LogP contribution in [0, 0.1) is 5.41 Å². The third-order valence-electron chi connectivity index (χ3n) is 5.09. The van der Waals surface area contributed by atoms with Gasteiger partial charge in [0.2, 0.25) is 19.4 Å². The molecule has 0 aromatic heterocycles. The van der Waals surface area contributed by atoms with Gasteiger partial charge in [-0.1, -0.05) is 19.1 Å². The normalized spacial score (nSPS) is 16.4. The summed E-state index contributed by atoms with van der Waals surface area (Å²) in [7, 11) is -0.738. The maximum Gasteiger partial charge on any atom is 0.343 e. The van der Waals surface area contributed by atoms with Crippen molar-refractivity contribution in [2.45, 2.75) is 6.92 Å². The van der Waals surface area contributed by atoms with E-state index in [0.717, 1.165) is 16.8 Å². The highest BCUT2D eigenvalue weighted by molar-refractivity contribution is 8.42. The number of esters is 1. The zero-order valence-electron chi connectivity index (χ0n) is 19.3. The van der Waals surface area contributed by atoms with E-state index in [1.54, 1.807) is 30.3 Å². The van der Waals surface area contributed by atoms with Crippen LogP contribution in [0.4, 0.5) is 0 Å². The van der Waals surface area contributed by atoms with E-state index in [4.69, 9.17) is 19.6 Å². The minimum absolute atomic E-state index is 0.00607. The molecule has 0 aliphatic carbocycles. The van der Waals surface area contributed by atoms with Gasteiger partial charge in [-0.25, -0.2) is 13.2 Å². The van der Waals surface area contributed by atoms with Crippen molar-refractivity contribution >= 4 is 54.9 Å². The van der Waals surface area contributed by atoms with Gasteiger partial charge in [-0.2, -0.15) is 10.0 Å². The molecule has 1 amide bonds. The van der Waals surface area contributed by atoms with Gasteiger partial charge in [0.15, 0.2) is 17.3 Å². The molecule has 36 heavy (non-hydrogen) atoms. The van der Waals surface area contributed by atoms with Crippen molar-refractivity contribution in [2.24, 2.45) is 10.1 Å². The Morgan fingerprint density at radius 2 is 1.92 bits per heavy atom. The standard InChI is InChI=1S/C23H20N4O7S2/c1-4-36(30,31)23-26-27-19(24)16(20(28)25-22(27)35-23)10-13-8-9-17(18(11-13)33-3)34-21(29)14-6-5-7-15(12-14)32-2/h5-12,24H,4H2,1-3H3. The molecule has 2 aliphatic rings. The van der Waals surface area contributed by atoms with Gasteiger partial charge < -0.3 is 14.2 Å². The predicted molar refractivity (Wildman–Crippen MR) is 135 cm³/mol. The second-order valence-electron chi connectivity index (χ2n) is 7.32. The van der Waals surface area contributed by atoms with Crippen molar-refractivity contribution in [3.63, 3.8) is 0 Å². The summed E-state index contributed by atoms with van der Waals surface area (Å²) >= 11 is 0.729. The third kappa shape index (κ3) is 4.88. The van der Waals surface area contributed by atoms with Gasteiger partial charge in [0, 0.05) is 0 Å². The number of aliphatic imine (C=N–C) groups is 1. The van der Waals surface area contributed by atoms with Gasteiger partial charge in [0.1, 0.15) is 5.75 Å². The Kier molecular flexibility index (Phi) is 6.95. The monoisotopic (exact) mass is 528 g/mol. The average molecular weight is 529 g/mol. The summed E-state index contributed by atoms with van der Waals surface area (Å²) in [6.45, 7) is 1.48. The number of hydrogen-bond donors (Lipinski definition) is 1. The van der Waals surface area contributed by atoms with E-state index in [2.05, 4.69) is 10.1 Å². The third-order valence-corrected chi connectivity index (χ3v) is 8.18. The number of nitrogens with zero attached hydrogens (tertiary/aromatic N) is 3. The van der Waals surface area contributed by atoms with Crippen LogP contribution < -0.4 is 14.2 Å². The summed E-state index contributed by atoms with van der Waals surface area (Å²) in [5, 5.41) is 13.4. The number of benzene rings is 2. The molecule has 11 nitrogen and oxygen atoms in total. The molecule has 4 rings (SSSR count). The number of amides is 1. The Hall–Kier alpha value is -3.97. The van der Waals surface area contributed by atoms with E-state index in [1.165, 1.54) is 39.4 Å². The number of carbonyl (C=O) groups excluding carboxylic acids is 2. The largest absolute Gasteiger partial charge is 0.497 e. The number of carbonyl (C=O) groups is 2. The van der Waals surface area contributed by atoms with Gasteiger partial charge in [0.25, 0.3) is 5.91 Å². The summed E-state index contributed by atoms with van der Waals surface area (Å²) in [5.74, 6) is -0.949. The van der Waals surface area contributed by atoms with Gasteiger partial charge in [-0.15, -0.1) is 5.10 Å². The summed E-state index contributed by atoms with van der Waals surface area (Å²) in [4.78, 5) is 29.1. The van der Waals surface area contributed by atoms with Gasteiger partial charge in [-0.05, 0) is 53.7 Å². The minimum atomic E-state index is -3.62. The molecule has 0 spiro atoms. The SMILES string of the molecule is CCS(=O)(=O)C1=NN2C(=N)C(=Cc3ccc(OC(=O)c4cccc(OC)c4)c(OC)c3)C(=O)N=C2S1. The van der Waals surface area contributed by atoms with E-state index in [-0.39, 0.29) is 43.8 Å². The Labute approximate surface area is 210 Å². The molecule has 2 aromatic rings. The molecule has 2 aliphatic heterocycles. The van der Waals surface area contributed by atoms with Crippen LogP contribution in [-0.4, -0.2) is 60.7 Å². The van der Waals surface area contributed by atoms with Crippen molar-refractivity contribution in [2.75, 3.05) is 20.0 Å². The van der Waals surface area contributed by atoms with Crippen LogP contribution >= 0.6 is 11.8 Å². The minimum Gasteiger partial charge on any atom is -0.497 e. The first kappa shape index (κ1) is 25.1. The number of ether oxygens (including phenoxy) is 3. The van der Waals surface area contributed by atoms with Crippen LogP contribution in [0.3, 0.4) is 0 Å². The number of nitrogens with one attached hydrogen (secondary N) is 1. The predicted octanol–water partition coefficient (Wildman–Crippen LogP) is 2.93. The summed E-state index contributed by atoms with van der Waals surface area (Å²) in [5.41, 5.74) is 0.643. The summed E-state index contributed by atoms with van der Waals surface area (Å²) < 4.78 is 40.0. The van der Waals surface area contributed by atoms with Crippen molar-refractivity contribution in [1.29, 1.82) is 5.41 Å². The topological polar surface area (TPSA) is 148 Å². The highest BCUT2D eigenvalue weighted by Gasteiger charge is 2.39. The molecule has 0 atom stereocenters. The Balaban J connectivity index is 1.60. The maximum atomic E-state index is 12.6. The Bertz CT molecular complexity index is 1480. The first-order chi connectivity index (χ1) is 17.2. The number of hydrogen-bond acceptors (Lipinski definition) is 10. The highest BCUT2D eigenvalue weighted by Crippen LogP contribution is 2.33. The lowest BCUT2D eigenvalue weighted by Crippen LogP contribution is -2.35. The number of methoxy groups -OCH3 is 2. The summed E-state index contributed by atoms with van der Waals surface area (Å²) in [6.07, 6.45) is 1.40. The average Bonchev–Trinajstić information content (AvgIpc) is 3.32. The molecule has 0 saturated heterocycles. The van der Waals surface area contributed by atoms with Crippen LogP contribution in [0.5, 0.6) is 17.2 Å². The van der Waals surface area contributed by atoms with Crippen molar-refractivity contribution in [3.05, 3.63) is 59.2 Å². The second-order valence-corrected chi connectivity index (χ2v) is 10.7. The van der Waals surface area contributed by atoms with Crippen molar-refractivity contribution in [1.82, 2.24) is 5.01 Å². The summed E-state index contributed by atoms with van der Waals surface area (Å²) in [6, 6.07) is 11.1. The number of sulfone groups is 1. The lowest BCUT2D eigenvalue weighted by atomic mass is 10.1. The number of thioether (sulfide) groups is 1. The zero-order chi connectivity index (χ0) is 26.0. The van der Waals surface area contributed by atoms with E-state index in [0.29, 0.717) is 11.3 Å². The fourth-order valence-corrected chi connectivity index (χ4v) is 5.32. The van der Waals surface area contributed by atoms with Gasteiger partial charge >= 0.3 is 5.97 Å². The van der Waals surface area contributed by atoms with Crippen LogP contribution in [0.25, 0.3) is 6.08 Å². The quantitative estimate of drug-likeness (QED) is 0.339. The van der Waals surface area contributed by atoms with Gasteiger partial charge in [-0.3, -0.25) is 10.2 Å². The second kappa shape index (κ2) is 9.95. The number of fused-ring (bicyclic) bond motifs is 1. The first-order valence-corrected chi connectivity index (χ1v) is 12.9. The molecule has 1 N–H and O–H groups in total. The maximum absolute atomic E-state index is 12.6. The smallest absolute Gasteiger partial charge is 0.343 e. The lowest BCUT2D eigenvalue weighted by molar-refractivity contribution is -0.114. The molecule has 13 heteroatoms. The van der Waals surface area contributed by atoms with Crippen molar-refractivity contribution in [3.8, 4) is 17.2 Å². The fourth-order valence-electron chi connectivity index (χ4n) is 3.16. The van der Waals surface area contributed by atoms with E-state index < -0.39 is 21.7 Å². The van der Waals surface area contributed by atoms with Crippen LogP contribution in [0.1, 0.15) is 22.8 Å². The molecular formula is C23H20N4O7S2. The highest BCUT2D eigenvalue weighted by atomic mass is 32.3. The molecule has 0 radical (unpaired) electrons. The number of hydrazone groups is 1. The molecule has 0 bridgehead atoms. The molecular weight excluding hydrogens is 508 g/mol. The molecule has 0 fully saturated rings. The lowest BCUT2D eigenvalue weighted by Gasteiger charge is -2.20. The molecule has 0 saturated carbocycles. The van der Waals surface area contributed by atoms with E-state index >= 15 is 0 Å². The van der Waals surface area contributed by atoms with Crippen LogP contribution in [0.15, 0.2) is 58.1 Å². The van der Waals surface area contributed by atoms with E-state index in [1.807, 2.05) is 0 Å².